The molecule has 10 heteroatoms. The van der Waals surface area contributed by atoms with Gasteiger partial charge in [-0.05, 0) is 66.4 Å². The monoisotopic (exact) mass is 635 g/mol. The standard InChI is InChI=1S/C34H35ClFN3O4S/c1-3-20-37-34(41)32(21-26-10-6-4-7-11-26)38(23-27-15-17-28(36)18-16-27)33(40)24-39(29-19-14-25(2)31(35)22-29)44(42,43)30-12-8-5-9-13-30/h4-19,22,32H,3,20-21,23-24H2,1-2H3,(H,37,41)/t32-/m1/s1. The molecule has 0 saturated carbocycles. The number of sulfonamides is 1. The second-order valence-corrected chi connectivity index (χ2v) is 12.7. The lowest BCUT2D eigenvalue weighted by Crippen LogP contribution is -2.53. The number of nitrogens with one attached hydrogen (secondary N) is 1. The van der Waals surface area contributed by atoms with Gasteiger partial charge in [-0.15, -0.1) is 0 Å². The molecule has 1 N–H and O–H groups in total. The van der Waals surface area contributed by atoms with E-state index in [1.807, 2.05) is 37.3 Å². The van der Waals surface area contributed by atoms with E-state index in [9.17, 15) is 22.4 Å². The largest absolute Gasteiger partial charge is 0.354 e. The van der Waals surface area contributed by atoms with Crippen molar-refractivity contribution in [3.05, 3.63) is 131 Å². The van der Waals surface area contributed by atoms with Crippen molar-refractivity contribution >= 4 is 39.1 Å². The zero-order valence-electron chi connectivity index (χ0n) is 24.6. The van der Waals surface area contributed by atoms with Gasteiger partial charge in [0, 0.05) is 24.5 Å². The van der Waals surface area contributed by atoms with Crippen LogP contribution in [0.15, 0.2) is 108 Å². The van der Waals surface area contributed by atoms with Gasteiger partial charge in [0.05, 0.1) is 10.6 Å². The zero-order valence-corrected chi connectivity index (χ0v) is 26.2. The third-order valence-corrected chi connectivity index (χ3v) is 9.34. The van der Waals surface area contributed by atoms with E-state index in [2.05, 4.69) is 5.32 Å². The number of nitrogens with zero attached hydrogens (tertiary/aromatic N) is 2. The molecule has 4 rings (SSSR count). The smallest absolute Gasteiger partial charge is 0.264 e. The number of hydrogen-bond acceptors (Lipinski definition) is 4. The highest BCUT2D eigenvalue weighted by Crippen LogP contribution is 2.29. The van der Waals surface area contributed by atoms with E-state index in [1.165, 1.54) is 47.4 Å². The average molecular weight is 636 g/mol. The molecule has 4 aromatic rings. The van der Waals surface area contributed by atoms with Crippen LogP contribution < -0.4 is 9.62 Å². The van der Waals surface area contributed by atoms with Gasteiger partial charge in [-0.25, -0.2) is 12.8 Å². The normalized spacial score (nSPS) is 11.9. The Morgan fingerprint density at radius 2 is 1.52 bits per heavy atom. The number of halogens is 2. The van der Waals surface area contributed by atoms with E-state index in [-0.39, 0.29) is 29.5 Å². The molecular weight excluding hydrogens is 601 g/mol. The van der Waals surface area contributed by atoms with Gasteiger partial charge in [-0.3, -0.25) is 13.9 Å². The molecule has 0 aliphatic heterocycles. The second-order valence-electron chi connectivity index (χ2n) is 10.4. The van der Waals surface area contributed by atoms with E-state index in [0.717, 1.165) is 15.4 Å². The lowest BCUT2D eigenvalue weighted by atomic mass is 10.0. The molecular formula is C34H35ClFN3O4S. The van der Waals surface area contributed by atoms with Crippen LogP contribution in [0, 0.1) is 12.7 Å². The van der Waals surface area contributed by atoms with E-state index < -0.39 is 34.3 Å². The van der Waals surface area contributed by atoms with Crippen molar-refractivity contribution in [2.24, 2.45) is 0 Å². The summed E-state index contributed by atoms with van der Waals surface area (Å²) in [4.78, 5) is 29.4. The molecule has 0 aliphatic rings. The lowest BCUT2D eigenvalue weighted by Gasteiger charge is -2.34. The van der Waals surface area contributed by atoms with E-state index >= 15 is 0 Å². The van der Waals surface area contributed by atoms with Crippen molar-refractivity contribution in [2.45, 2.75) is 44.2 Å². The third kappa shape index (κ3) is 8.24. The minimum Gasteiger partial charge on any atom is -0.354 e. The van der Waals surface area contributed by atoms with Gasteiger partial charge in [-0.2, -0.15) is 0 Å². The fraction of sp³-hybridized carbons (Fsp3) is 0.235. The fourth-order valence-electron chi connectivity index (χ4n) is 4.69. The number of carbonyl (C=O) groups excluding carboxylic acids is 2. The molecule has 4 aromatic carbocycles. The van der Waals surface area contributed by atoms with Crippen molar-refractivity contribution in [3.8, 4) is 0 Å². The summed E-state index contributed by atoms with van der Waals surface area (Å²) in [6.45, 7) is 3.46. The number of benzene rings is 4. The lowest BCUT2D eigenvalue weighted by molar-refractivity contribution is -0.140. The Morgan fingerprint density at radius 1 is 0.886 bits per heavy atom. The van der Waals surface area contributed by atoms with Crippen LogP contribution in [0.1, 0.15) is 30.0 Å². The zero-order chi connectivity index (χ0) is 31.7. The van der Waals surface area contributed by atoms with Crippen LogP contribution in [0.5, 0.6) is 0 Å². The molecule has 0 fully saturated rings. The van der Waals surface area contributed by atoms with Crippen molar-refractivity contribution in [1.29, 1.82) is 0 Å². The molecule has 0 heterocycles. The summed E-state index contributed by atoms with van der Waals surface area (Å²) in [5, 5.41) is 3.24. The Balaban J connectivity index is 1.80. The van der Waals surface area contributed by atoms with Crippen LogP contribution in [0.2, 0.25) is 5.02 Å². The summed E-state index contributed by atoms with van der Waals surface area (Å²) >= 11 is 6.40. The first-order valence-electron chi connectivity index (χ1n) is 14.3. The summed E-state index contributed by atoms with van der Waals surface area (Å²) in [5.74, 6) is -1.43. The maximum Gasteiger partial charge on any atom is 0.264 e. The highest BCUT2D eigenvalue weighted by atomic mass is 35.5. The highest BCUT2D eigenvalue weighted by Gasteiger charge is 2.34. The first-order chi connectivity index (χ1) is 21.1. The van der Waals surface area contributed by atoms with Crippen LogP contribution in [0.4, 0.5) is 10.1 Å². The molecule has 0 aromatic heterocycles. The van der Waals surface area contributed by atoms with Crippen molar-refractivity contribution in [3.63, 3.8) is 0 Å². The predicted molar refractivity (Wildman–Crippen MR) is 171 cm³/mol. The molecule has 0 bridgehead atoms. The minimum atomic E-state index is -4.23. The molecule has 0 aliphatic carbocycles. The van der Waals surface area contributed by atoms with Crippen molar-refractivity contribution in [2.75, 3.05) is 17.4 Å². The number of carbonyl (C=O) groups is 2. The Morgan fingerprint density at radius 3 is 2.14 bits per heavy atom. The van der Waals surface area contributed by atoms with Crippen LogP contribution in [0.25, 0.3) is 0 Å². The Hall–Kier alpha value is -4.21. The summed E-state index contributed by atoms with van der Waals surface area (Å²) in [5.41, 5.74) is 2.35. The molecule has 2 amide bonds. The van der Waals surface area contributed by atoms with E-state index in [1.54, 1.807) is 37.3 Å². The summed E-state index contributed by atoms with van der Waals surface area (Å²) in [6, 6.07) is 26.5. The third-order valence-electron chi connectivity index (χ3n) is 7.14. The minimum absolute atomic E-state index is 0.00361. The molecule has 1 atom stereocenters. The number of anilines is 1. The fourth-order valence-corrected chi connectivity index (χ4v) is 6.29. The highest BCUT2D eigenvalue weighted by molar-refractivity contribution is 7.92. The number of rotatable bonds is 13. The SMILES string of the molecule is CCCNC(=O)[C@@H](Cc1ccccc1)N(Cc1ccc(F)cc1)C(=O)CN(c1ccc(C)c(Cl)c1)S(=O)(=O)c1ccccc1. The molecule has 44 heavy (non-hydrogen) atoms. The van der Waals surface area contributed by atoms with Gasteiger partial charge < -0.3 is 10.2 Å². The first-order valence-corrected chi connectivity index (χ1v) is 16.1. The van der Waals surface area contributed by atoms with Crippen LogP contribution in [0.3, 0.4) is 0 Å². The Bertz CT molecular complexity index is 1670. The molecule has 0 saturated heterocycles. The van der Waals surface area contributed by atoms with Gasteiger partial charge in [0.1, 0.15) is 18.4 Å². The summed E-state index contributed by atoms with van der Waals surface area (Å²) < 4.78 is 42.8. The number of amides is 2. The van der Waals surface area contributed by atoms with Gasteiger partial charge >= 0.3 is 0 Å². The van der Waals surface area contributed by atoms with Crippen LogP contribution in [-0.2, 0) is 32.6 Å². The summed E-state index contributed by atoms with van der Waals surface area (Å²) in [7, 11) is -4.23. The quantitative estimate of drug-likeness (QED) is 0.191. The number of aryl methyl sites for hydroxylation is 1. The molecule has 0 radical (unpaired) electrons. The second kappa shape index (κ2) is 15.0. The Kier molecular flexibility index (Phi) is 11.1. The molecule has 230 valence electrons. The van der Waals surface area contributed by atoms with E-state index in [4.69, 9.17) is 11.6 Å². The predicted octanol–water partition coefficient (Wildman–Crippen LogP) is 6.15. The molecule has 7 nitrogen and oxygen atoms in total. The van der Waals surface area contributed by atoms with Gasteiger partial charge in [-0.1, -0.05) is 85.3 Å². The number of hydrogen-bond donors (Lipinski definition) is 1. The topological polar surface area (TPSA) is 86.8 Å². The maximum absolute atomic E-state index is 14.4. The Labute approximate surface area is 263 Å². The maximum atomic E-state index is 14.4. The average Bonchev–Trinajstić information content (AvgIpc) is 3.03. The molecule has 0 unspecified atom stereocenters. The van der Waals surface area contributed by atoms with Crippen LogP contribution >= 0.6 is 11.6 Å². The molecule has 0 spiro atoms. The van der Waals surface area contributed by atoms with Gasteiger partial charge in [0.2, 0.25) is 11.8 Å². The van der Waals surface area contributed by atoms with Gasteiger partial charge in [0.25, 0.3) is 10.0 Å². The van der Waals surface area contributed by atoms with E-state index in [0.29, 0.717) is 23.6 Å². The van der Waals surface area contributed by atoms with Crippen molar-refractivity contribution < 1.29 is 22.4 Å². The van der Waals surface area contributed by atoms with Crippen molar-refractivity contribution in [1.82, 2.24) is 10.2 Å². The van der Waals surface area contributed by atoms with Crippen LogP contribution in [-0.4, -0.2) is 44.3 Å². The first kappa shape index (κ1) is 32.7. The van der Waals surface area contributed by atoms with Gasteiger partial charge in [0.15, 0.2) is 0 Å². The summed E-state index contributed by atoms with van der Waals surface area (Å²) in [6.07, 6.45) is 0.873.